The van der Waals surface area contributed by atoms with E-state index in [4.69, 9.17) is 4.74 Å². The van der Waals surface area contributed by atoms with Gasteiger partial charge in [-0.3, -0.25) is 0 Å². The van der Waals surface area contributed by atoms with Gasteiger partial charge in [-0.05, 0) is 29.7 Å². The number of benzene rings is 1. The molecule has 0 aliphatic carbocycles. The molecule has 0 fully saturated rings. The fraction of sp³-hybridized carbons (Fsp3) is 0.100. The number of ether oxygens (including phenoxy) is 1. The van der Waals surface area contributed by atoms with Crippen LogP contribution in [0.1, 0.15) is 0 Å². The number of hydrogen-bond acceptors (Lipinski definition) is 2. The van der Waals surface area contributed by atoms with Crippen molar-refractivity contribution in [2.75, 3.05) is 7.11 Å². The van der Waals surface area contributed by atoms with Gasteiger partial charge in [0.15, 0.2) is 0 Å². The van der Waals surface area contributed by atoms with Gasteiger partial charge in [0.1, 0.15) is 5.75 Å². The minimum Gasteiger partial charge on any atom is -0.497 e. The summed E-state index contributed by atoms with van der Waals surface area (Å²) in [6.07, 6.45) is 1.44. The number of aromatic nitrogens is 1. The molecule has 0 N–H and O–H groups in total. The van der Waals surface area contributed by atoms with Crippen LogP contribution in [0.15, 0.2) is 30.5 Å². The summed E-state index contributed by atoms with van der Waals surface area (Å²) in [6, 6.07) is 6.91. The largest absolute Gasteiger partial charge is 0.497 e. The minimum absolute atomic E-state index is 0.444. The van der Waals surface area contributed by atoms with Crippen LogP contribution >= 0.6 is 0 Å². The molecule has 0 radical (unpaired) electrons. The zero-order valence-corrected chi connectivity index (χ0v) is 7.12. The summed E-state index contributed by atoms with van der Waals surface area (Å²) in [4.78, 5) is 3.56. The summed E-state index contributed by atoms with van der Waals surface area (Å²) in [5.41, 5.74) is 0. The van der Waals surface area contributed by atoms with Gasteiger partial charge in [0.2, 0.25) is 5.95 Å². The SMILES string of the molecule is COc1ccc2c(F)nccc2c1. The molecule has 1 aromatic carbocycles. The van der Waals surface area contributed by atoms with Gasteiger partial charge in [0, 0.05) is 11.6 Å². The van der Waals surface area contributed by atoms with E-state index < -0.39 is 5.95 Å². The van der Waals surface area contributed by atoms with E-state index >= 15 is 0 Å². The zero-order chi connectivity index (χ0) is 9.26. The Labute approximate surface area is 75.0 Å². The molecule has 0 aliphatic rings. The first-order chi connectivity index (χ1) is 6.31. The summed E-state index contributed by atoms with van der Waals surface area (Å²) in [6.45, 7) is 0. The Morgan fingerprint density at radius 3 is 2.92 bits per heavy atom. The Hall–Kier alpha value is -1.64. The third-order valence-electron chi connectivity index (χ3n) is 1.92. The van der Waals surface area contributed by atoms with Crippen LogP contribution < -0.4 is 4.74 Å². The molecule has 0 unspecified atom stereocenters. The first-order valence-electron chi connectivity index (χ1n) is 3.89. The second-order valence-electron chi connectivity index (χ2n) is 2.69. The van der Waals surface area contributed by atoms with Crippen LogP contribution in [-0.4, -0.2) is 12.1 Å². The molecule has 0 saturated heterocycles. The second-order valence-corrected chi connectivity index (χ2v) is 2.69. The Morgan fingerprint density at radius 2 is 2.15 bits per heavy atom. The maximum absolute atomic E-state index is 13.1. The fourth-order valence-corrected chi connectivity index (χ4v) is 1.25. The maximum Gasteiger partial charge on any atom is 0.220 e. The number of hydrogen-bond donors (Lipinski definition) is 0. The maximum atomic E-state index is 13.1. The fourth-order valence-electron chi connectivity index (χ4n) is 1.25. The van der Waals surface area contributed by atoms with E-state index in [1.54, 1.807) is 31.4 Å². The number of nitrogens with zero attached hydrogens (tertiary/aromatic N) is 1. The smallest absolute Gasteiger partial charge is 0.220 e. The van der Waals surface area contributed by atoms with Crippen LogP contribution in [0, 0.1) is 5.95 Å². The molecule has 3 heteroatoms. The quantitative estimate of drug-likeness (QED) is 0.624. The molecule has 0 amide bonds. The molecule has 0 aliphatic heterocycles. The molecule has 2 rings (SSSR count). The van der Waals surface area contributed by atoms with Crippen molar-refractivity contribution in [3.63, 3.8) is 0 Å². The van der Waals surface area contributed by atoms with Crippen molar-refractivity contribution in [2.24, 2.45) is 0 Å². The van der Waals surface area contributed by atoms with Crippen LogP contribution in [0.25, 0.3) is 10.8 Å². The highest BCUT2D eigenvalue weighted by Crippen LogP contribution is 2.21. The van der Waals surface area contributed by atoms with Gasteiger partial charge in [-0.1, -0.05) is 0 Å². The van der Waals surface area contributed by atoms with Gasteiger partial charge in [-0.2, -0.15) is 4.39 Å². The molecule has 66 valence electrons. The molecular weight excluding hydrogens is 169 g/mol. The number of rotatable bonds is 1. The Balaban J connectivity index is 2.72. The van der Waals surface area contributed by atoms with Crippen LogP contribution in [-0.2, 0) is 0 Å². The third-order valence-corrected chi connectivity index (χ3v) is 1.92. The summed E-state index contributed by atoms with van der Waals surface area (Å²) in [5, 5.41) is 1.31. The van der Waals surface area contributed by atoms with Crippen molar-refractivity contribution in [3.05, 3.63) is 36.4 Å². The normalized spacial score (nSPS) is 10.3. The van der Waals surface area contributed by atoms with E-state index in [1.165, 1.54) is 6.20 Å². The van der Waals surface area contributed by atoms with E-state index in [9.17, 15) is 4.39 Å². The van der Waals surface area contributed by atoms with Crippen molar-refractivity contribution >= 4 is 10.8 Å². The average Bonchev–Trinajstić information content (AvgIpc) is 2.18. The first-order valence-corrected chi connectivity index (χ1v) is 3.89. The van der Waals surface area contributed by atoms with Gasteiger partial charge in [0.05, 0.1) is 7.11 Å². The van der Waals surface area contributed by atoms with E-state index in [-0.39, 0.29) is 0 Å². The number of halogens is 1. The summed E-state index contributed by atoms with van der Waals surface area (Å²) in [7, 11) is 1.58. The lowest BCUT2D eigenvalue weighted by Crippen LogP contribution is -1.86. The Bertz CT molecular complexity index is 442. The predicted molar refractivity (Wildman–Crippen MR) is 48.3 cm³/mol. The topological polar surface area (TPSA) is 22.1 Å². The van der Waals surface area contributed by atoms with Gasteiger partial charge < -0.3 is 4.74 Å². The summed E-state index contributed by atoms with van der Waals surface area (Å²) in [5.74, 6) is 0.276. The molecule has 13 heavy (non-hydrogen) atoms. The standard InChI is InChI=1S/C10H8FNO/c1-13-8-2-3-9-7(6-8)4-5-12-10(9)11/h2-6H,1H3. The minimum atomic E-state index is -0.444. The molecule has 0 spiro atoms. The number of methoxy groups -OCH3 is 1. The average molecular weight is 177 g/mol. The molecular formula is C10H8FNO. The number of fused-ring (bicyclic) bond motifs is 1. The van der Waals surface area contributed by atoms with Crippen molar-refractivity contribution < 1.29 is 9.13 Å². The first kappa shape index (κ1) is 7.98. The molecule has 2 aromatic rings. The van der Waals surface area contributed by atoms with Crippen LogP contribution in [0.4, 0.5) is 4.39 Å². The van der Waals surface area contributed by atoms with Crippen molar-refractivity contribution in [1.29, 1.82) is 0 Å². The highest BCUT2D eigenvalue weighted by molar-refractivity contribution is 5.83. The lowest BCUT2D eigenvalue weighted by Gasteiger charge is -2.01. The monoisotopic (exact) mass is 177 g/mol. The van der Waals surface area contributed by atoms with E-state index in [0.29, 0.717) is 5.39 Å². The highest BCUT2D eigenvalue weighted by Gasteiger charge is 2.01. The highest BCUT2D eigenvalue weighted by atomic mass is 19.1. The molecule has 0 bridgehead atoms. The molecule has 1 heterocycles. The van der Waals surface area contributed by atoms with E-state index in [2.05, 4.69) is 4.98 Å². The predicted octanol–water partition coefficient (Wildman–Crippen LogP) is 2.38. The van der Waals surface area contributed by atoms with Crippen LogP contribution in [0.2, 0.25) is 0 Å². The van der Waals surface area contributed by atoms with Gasteiger partial charge in [0.25, 0.3) is 0 Å². The van der Waals surface area contributed by atoms with Gasteiger partial charge in [-0.25, -0.2) is 4.98 Å². The molecule has 0 atom stereocenters. The van der Waals surface area contributed by atoms with E-state index in [0.717, 1.165) is 11.1 Å². The lowest BCUT2D eigenvalue weighted by atomic mass is 10.2. The van der Waals surface area contributed by atoms with Crippen molar-refractivity contribution in [2.45, 2.75) is 0 Å². The number of pyridine rings is 1. The molecule has 1 aromatic heterocycles. The van der Waals surface area contributed by atoms with Crippen LogP contribution in [0.5, 0.6) is 5.75 Å². The van der Waals surface area contributed by atoms with Gasteiger partial charge >= 0.3 is 0 Å². The Kier molecular flexibility index (Phi) is 1.85. The summed E-state index contributed by atoms with van der Waals surface area (Å²) >= 11 is 0. The van der Waals surface area contributed by atoms with Crippen LogP contribution in [0.3, 0.4) is 0 Å². The molecule has 2 nitrogen and oxygen atoms in total. The third kappa shape index (κ3) is 1.33. The van der Waals surface area contributed by atoms with Crippen molar-refractivity contribution in [3.8, 4) is 5.75 Å². The van der Waals surface area contributed by atoms with Gasteiger partial charge in [-0.15, -0.1) is 0 Å². The molecule has 0 saturated carbocycles. The second kappa shape index (κ2) is 3.01. The Morgan fingerprint density at radius 1 is 1.31 bits per heavy atom. The summed E-state index contributed by atoms with van der Waals surface area (Å²) < 4.78 is 18.1. The zero-order valence-electron chi connectivity index (χ0n) is 7.12. The lowest BCUT2D eigenvalue weighted by molar-refractivity contribution is 0.415. The van der Waals surface area contributed by atoms with Crippen molar-refractivity contribution in [1.82, 2.24) is 4.98 Å². The van der Waals surface area contributed by atoms with E-state index in [1.807, 2.05) is 0 Å².